The average molecular weight is 235 g/mol. The van der Waals surface area contributed by atoms with Gasteiger partial charge in [0.25, 0.3) is 0 Å². The summed E-state index contributed by atoms with van der Waals surface area (Å²) in [6.07, 6.45) is 1.42. The van der Waals surface area contributed by atoms with Crippen molar-refractivity contribution in [2.24, 2.45) is 0 Å². The molecule has 0 unspecified atom stereocenters. The number of hydrogen-bond donors (Lipinski definition) is 1. The Balaban J connectivity index is 1.76. The van der Waals surface area contributed by atoms with Crippen LogP contribution in [-0.4, -0.2) is 23.0 Å². The second-order valence-electron chi connectivity index (χ2n) is 4.59. The van der Waals surface area contributed by atoms with Gasteiger partial charge in [0, 0.05) is 17.9 Å². The summed E-state index contributed by atoms with van der Waals surface area (Å²) in [4.78, 5) is 11.7. The molecule has 16 heavy (non-hydrogen) atoms. The molecule has 1 aromatic rings. The van der Waals surface area contributed by atoms with Crippen molar-refractivity contribution in [2.75, 3.05) is 11.5 Å². The maximum atomic E-state index is 11.7. The highest BCUT2D eigenvalue weighted by atomic mass is 32.2. The molecule has 2 nitrogen and oxygen atoms in total. The minimum Gasteiger partial charge on any atom is -0.349 e. The number of aryl methyl sites for hydroxylation is 1. The van der Waals surface area contributed by atoms with Gasteiger partial charge >= 0.3 is 0 Å². The van der Waals surface area contributed by atoms with Crippen LogP contribution >= 0.6 is 11.8 Å². The molecule has 1 aliphatic heterocycles. The monoisotopic (exact) mass is 235 g/mol. The predicted molar refractivity (Wildman–Crippen MR) is 68.6 cm³/mol. The van der Waals surface area contributed by atoms with E-state index >= 15 is 0 Å². The van der Waals surface area contributed by atoms with Crippen molar-refractivity contribution in [1.82, 2.24) is 5.32 Å². The van der Waals surface area contributed by atoms with Gasteiger partial charge in [-0.3, -0.25) is 4.79 Å². The summed E-state index contributed by atoms with van der Waals surface area (Å²) >= 11 is 1.89. The van der Waals surface area contributed by atoms with E-state index < -0.39 is 0 Å². The molecule has 0 aromatic heterocycles. The van der Waals surface area contributed by atoms with Crippen LogP contribution in [0.25, 0.3) is 0 Å². The molecule has 1 aliphatic rings. The minimum absolute atomic E-state index is 0.0540. The summed E-state index contributed by atoms with van der Waals surface area (Å²) in [6, 6.07) is 10.1. The van der Waals surface area contributed by atoms with Crippen molar-refractivity contribution in [3.63, 3.8) is 0 Å². The fourth-order valence-electron chi connectivity index (χ4n) is 1.78. The van der Waals surface area contributed by atoms with Gasteiger partial charge in [0.1, 0.15) is 0 Å². The fourth-order valence-corrected chi connectivity index (χ4v) is 2.74. The van der Waals surface area contributed by atoms with Gasteiger partial charge in [-0.2, -0.15) is 11.8 Å². The lowest BCUT2D eigenvalue weighted by atomic mass is 10.1. The van der Waals surface area contributed by atoms with E-state index in [-0.39, 0.29) is 11.4 Å². The van der Waals surface area contributed by atoms with E-state index in [1.165, 1.54) is 5.56 Å². The second-order valence-corrected chi connectivity index (χ2v) is 5.57. The van der Waals surface area contributed by atoms with Gasteiger partial charge in [-0.05, 0) is 18.9 Å². The van der Waals surface area contributed by atoms with E-state index in [9.17, 15) is 4.79 Å². The molecule has 0 atom stereocenters. The highest BCUT2D eigenvalue weighted by molar-refractivity contribution is 8.00. The van der Waals surface area contributed by atoms with Gasteiger partial charge in [0.15, 0.2) is 0 Å². The van der Waals surface area contributed by atoms with Crippen LogP contribution in [0.1, 0.15) is 18.9 Å². The Morgan fingerprint density at radius 2 is 2.06 bits per heavy atom. The number of carbonyl (C=O) groups is 1. The molecule has 3 heteroatoms. The lowest BCUT2D eigenvalue weighted by molar-refractivity contribution is -0.122. The van der Waals surface area contributed by atoms with Crippen LogP contribution in [0.3, 0.4) is 0 Å². The third-order valence-electron chi connectivity index (χ3n) is 2.77. The van der Waals surface area contributed by atoms with Gasteiger partial charge in [-0.25, -0.2) is 0 Å². The van der Waals surface area contributed by atoms with Gasteiger partial charge in [-0.15, -0.1) is 0 Å². The largest absolute Gasteiger partial charge is 0.349 e. The smallest absolute Gasteiger partial charge is 0.220 e. The molecule has 1 N–H and O–H groups in total. The lowest BCUT2D eigenvalue weighted by Gasteiger charge is -2.38. The first-order chi connectivity index (χ1) is 7.68. The second kappa shape index (κ2) is 4.91. The van der Waals surface area contributed by atoms with Crippen molar-refractivity contribution in [3.8, 4) is 0 Å². The van der Waals surface area contributed by atoms with Crippen molar-refractivity contribution in [3.05, 3.63) is 35.9 Å². The highest BCUT2D eigenvalue weighted by Gasteiger charge is 2.33. The van der Waals surface area contributed by atoms with Crippen LogP contribution < -0.4 is 5.32 Å². The third-order valence-corrected chi connectivity index (χ3v) is 4.45. The number of thioether (sulfide) groups is 1. The van der Waals surface area contributed by atoms with Crippen molar-refractivity contribution in [1.29, 1.82) is 0 Å². The zero-order valence-corrected chi connectivity index (χ0v) is 10.3. The standard InChI is InChI=1S/C13H17NOS/c1-13(9-16-10-13)14-12(15)8-7-11-5-3-2-4-6-11/h2-6H,7-10H2,1H3,(H,14,15). The Hall–Kier alpha value is -0.960. The Morgan fingerprint density at radius 1 is 1.38 bits per heavy atom. The number of hydrogen-bond acceptors (Lipinski definition) is 2. The van der Waals surface area contributed by atoms with E-state index in [0.29, 0.717) is 6.42 Å². The van der Waals surface area contributed by atoms with E-state index in [1.807, 2.05) is 30.0 Å². The topological polar surface area (TPSA) is 29.1 Å². The fraction of sp³-hybridized carbons (Fsp3) is 0.462. The maximum absolute atomic E-state index is 11.7. The molecule has 0 radical (unpaired) electrons. The van der Waals surface area contributed by atoms with Crippen molar-refractivity contribution >= 4 is 17.7 Å². The predicted octanol–water partition coefficient (Wildman–Crippen LogP) is 2.24. The van der Waals surface area contributed by atoms with Gasteiger partial charge in [0.05, 0.1) is 5.54 Å². The highest BCUT2D eigenvalue weighted by Crippen LogP contribution is 2.28. The van der Waals surface area contributed by atoms with Crippen LogP contribution in [-0.2, 0) is 11.2 Å². The molecule has 0 spiro atoms. The Labute approximate surface area is 101 Å². The molecule has 0 aliphatic carbocycles. The number of nitrogens with one attached hydrogen (secondary N) is 1. The van der Waals surface area contributed by atoms with Gasteiger partial charge in [0.2, 0.25) is 5.91 Å². The molecule has 86 valence electrons. The Kier molecular flexibility index (Phi) is 3.54. The van der Waals surface area contributed by atoms with E-state index in [4.69, 9.17) is 0 Å². The quantitative estimate of drug-likeness (QED) is 0.867. The van der Waals surface area contributed by atoms with Crippen LogP contribution in [0.4, 0.5) is 0 Å². The first kappa shape index (κ1) is 11.5. The van der Waals surface area contributed by atoms with Crippen LogP contribution in [0, 0.1) is 0 Å². The molecule has 0 bridgehead atoms. The Morgan fingerprint density at radius 3 is 2.62 bits per heavy atom. The van der Waals surface area contributed by atoms with Crippen LogP contribution in [0.2, 0.25) is 0 Å². The summed E-state index contributed by atoms with van der Waals surface area (Å²) in [5, 5.41) is 3.10. The van der Waals surface area contributed by atoms with Crippen molar-refractivity contribution < 1.29 is 4.79 Å². The number of benzene rings is 1. The maximum Gasteiger partial charge on any atom is 0.220 e. The SMILES string of the molecule is CC1(NC(=O)CCc2ccccc2)CSC1. The van der Waals surface area contributed by atoms with E-state index in [0.717, 1.165) is 17.9 Å². The third kappa shape index (κ3) is 3.01. The normalized spacial score (nSPS) is 17.6. The zero-order valence-electron chi connectivity index (χ0n) is 9.53. The van der Waals surface area contributed by atoms with Gasteiger partial charge in [-0.1, -0.05) is 30.3 Å². The molecular formula is C13H17NOS. The molecule has 1 amide bonds. The summed E-state index contributed by atoms with van der Waals surface area (Å²) in [5.74, 6) is 2.26. The summed E-state index contributed by atoms with van der Waals surface area (Å²) < 4.78 is 0. The summed E-state index contributed by atoms with van der Waals surface area (Å²) in [5.41, 5.74) is 1.28. The molecule has 1 fully saturated rings. The first-order valence-corrected chi connectivity index (χ1v) is 6.76. The number of carbonyl (C=O) groups excluding carboxylic acids is 1. The van der Waals surface area contributed by atoms with E-state index in [1.54, 1.807) is 0 Å². The van der Waals surface area contributed by atoms with Crippen LogP contribution in [0.15, 0.2) is 30.3 Å². The molecule has 1 saturated heterocycles. The minimum atomic E-state index is 0.0540. The lowest BCUT2D eigenvalue weighted by Crippen LogP contribution is -2.55. The zero-order chi connectivity index (χ0) is 11.4. The number of rotatable bonds is 4. The van der Waals surface area contributed by atoms with E-state index in [2.05, 4.69) is 24.4 Å². The summed E-state index contributed by atoms with van der Waals surface area (Å²) in [7, 11) is 0. The van der Waals surface area contributed by atoms with Crippen molar-refractivity contribution in [2.45, 2.75) is 25.3 Å². The Bertz CT molecular complexity index is 359. The van der Waals surface area contributed by atoms with Gasteiger partial charge < -0.3 is 5.32 Å². The summed E-state index contributed by atoms with van der Waals surface area (Å²) in [6.45, 7) is 2.11. The molecule has 0 saturated carbocycles. The molecule has 1 aromatic carbocycles. The van der Waals surface area contributed by atoms with Crippen LogP contribution in [0.5, 0.6) is 0 Å². The molecule has 2 rings (SSSR count). The molecule has 1 heterocycles. The molecular weight excluding hydrogens is 218 g/mol. The number of amides is 1. The first-order valence-electron chi connectivity index (χ1n) is 5.61. The average Bonchev–Trinajstić information content (AvgIpc) is 2.26.